The zero-order valence-corrected chi connectivity index (χ0v) is 14.6. The van der Waals surface area contributed by atoms with Gasteiger partial charge in [0, 0.05) is 39.0 Å². The summed E-state index contributed by atoms with van der Waals surface area (Å²) in [4.78, 5) is 9.84. The molecule has 6 nitrogen and oxygen atoms in total. The quantitative estimate of drug-likeness (QED) is 0.392. The summed E-state index contributed by atoms with van der Waals surface area (Å²) in [6, 6.07) is 9.03. The number of nitrogens with zero attached hydrogens (tertiary/aromatic N) is 1. The van der Waals surface area contributed by atoms with Crippen molar-refractivity contribution in [3.8, 4) is 0 Å². The normalized spacial score (nSPS) is 12.2. The summed E-state index contributed by atoms with van der Waals surface area (Å²) in [6.07, 6.45) is -1.36. The molecule has 0 aliphatic carbocycles. The first-order valence-electron chi connectivity index (χ1n) is 6.98. The number of nitro groups is 1. The first-order chi connectivity index (χ1) is 11.1. The second-order valence-corrected chi connectivity index (χ2v) is 5.91. The lowest BCUT2D eigenvalue weighted by molar-refractivity contribution is -0.385. The summed E-state index contributed by atoms with van der Waals surface area (Å²) < 4.78 is 0. The maximum Gasteiger partial charge on any atom is 0.269 e. The van der Waals surface area contributed by atoms with Crippen LogP contribution in [0.1, 0.15) is 44.6 Å². The number of hydrogen-bond donors (Lipinski definition) is 3. The predicted octanol–water partition coefficient (Wildman–Crippen LogP) is 4.91. The molecule has 0 radical (unpaired) electrons. The number of aliphatic hydroxyl groups excluding tert-OH is 2. The summed E-state index contributed by atoms with van der Waals surface area (Å²) in [5.74, 6) is 0. The van der Waals surface area contributed by atoms with E-state index in [0.29, 0.717) is 26.9 Å². The van der Waals surface area contributed by atoms with Crippen molar-refractivity contribution in [2.75, 3.05) is 5.73 Å². The second kappa shape index (κ2) is 10.2. The van der Waals surface area contributed by atoms with Gasteiger partial charge in [-0.05, 0) is 38.1 Å². The number of aliphatic hydroxyl groups is 2. The van der Waals surface area contributed by atoms with Crippen LogP contribution in [0.4, 0.5) is 11.4 Å². The monoisotopic (exact) mass is 388 g/mol. The number of rotatable bonds is 3. The van der Waals surface area contributed by atoms with E-state index in [2.05, 4.69) is 0 Å². The van der Waals surface area contributed by atoms with Gasteiger partial charge in [0.25, 0.3) is 5.69 Å². The van der Waals surface area contributed by atoms with Gasteiger partial charge in [-0.1, -0.05) is 30.6 Å². The Hall–Kier alpha value is -1.86. The van der Waals surface area contributed by atoms with Gasteiger partial charge in [0.15, 0.2) is 0 Å². The molecule has 0 aromatic heterocycles. The third-order valence-corrected chi connectivity index (χ3v) is 3.80. The summed E-state index contributed by atoms with van der Waals surface area (Å²) >= 11 is 11.5. The number of anilines is 1. The third-order valence-electron chi connectivity index (χ3n) is 3.11. The van der Waals surface area contributed by atoms with Gasteiger partial charge in [-0.2, -0.15) is 0 Å². The summed E-state index contributed by atoms with van der Waals surface area (Å²) in [5.41, 5.74) is 7.09. The fourth-order valence-electron chi connectivity index (χ4n) is 1.85. The zero-order valence-electron chi connectivity index (χ0n) is 13.1. The molecule has 0 spiro atoms. The van der Waals surface area contributed by atoms with Crippen molar-refractivity contribution in [2.45, 2.75) is 33.5 Å². The minimum atomic E-state index is -0.799. The molecule has 25 heavy (non-hydrogen) atoms. The number of halogens is 2. The van der Waals surface area contributed by atoms with Crippen LogP contribution >= 0.6 is 23.2 Å². The molecule has 2 unspecified atom stereocenters. The number of nitrogens with two attached hydrogens (primary N) is 1. The summed E-state index contributed by atoms with van der Waals surface area (Å²) in [5, 5.41) is 29.6. The molecule has 0 fully saturated rings. The van der Waals surface area contributed by atoms with Crippen molar-refractivity contribution >= 4 is 34.6 Å². The first kappa shape index (κ1) is 23.1. The molecule has 8 heteroatoms. The Morgan fingerprint density at radius 1 is 1.00 bits per heavy atom. The lowest BCUT2D eigenvalue weighted by Crippen LogP contribution is -1.95. The Morgan fingerprint density at radius 2 is 1.44 bits per heavy atom. The van der Waals surface area contributed by atoms with Crippen molar-refractivity contribution < 1.29 is 15.1 Å². The van der Waals surface area contributed by atoms with E-state index in [-0.39, 0.29) is 13.1 Å². The van der Waals surface area contributed by atoms with E-state index in [1.165, 1.54) is 25.1 Å². The minimum Gasteiger partial charge on any atom is -0.399 e. The van der Waals surface area contributed by atoms with Crippen molar-refractivity contribution in [1.29, 1.82) is 0 Å². The number of non-ortho nitro benzene ring substituents is 1. The maximum atomic E-state index is 10.4. The highest BCUT2D eigenvalue weighted by atomic mass is 35.5. The smallest absolute Gasteiger partial charge is 0.269 e. The highest BCUT2D eigenvalue weighted by molar-refractivity contribution is 6.31. The fourth-order valence-corrected chi connectivity index (χ4v) is 2.40. The van der Waals surface area contributed by atoms with Crippen LogP contribution in [0.2, 0.25) is 10.0 Å². The lowest BCUT2D eigenvalue weighted by Gasteiger charge is -2.07. The molecule has 0 aliphatic heterocycles. The molecule has 138 valence electrons. The number of nitrogen functional groups attached to an aromatic ring is 1. The van der Waals surface area contributed by atoms with Gasteiger partial charge in [0.1, 0.15) is 0 Å². The highest BCUT2D eigenvalue weighted by Crippen LogP contribution is 2.27. The van der Waals surface area contributed by atoms with Crippen LogP contribution in [-0.2, 0) is 0 Å². The number of nitro benzene ring substituents is 1. The molecule has 4 N–H and O–H groups in total. The highest BCUT2D eigenvalue weighted by Gasteiger charge is 2.12. The molecule has 0 saturated heterocycles. The van der Waals surface area contributed by atoms with Gasteiger partial charge >= 0.3 is 0 Å². The molecule has 0 bridgehead atoms. The van der Waals surface area contributed by atoms with E-state index >= 15 is 0 Å². The van der Waals surface area contributed by atoms with Gasteiger partial charge in [-0.25, -0.2) is 0 Å². The second-order valence-electron chi connectivity index (χ2n) is 5.10. The standard InChI is InChI=1S/C8H8ClNO3.C8H10ClNO.CH4/c1-5(11)7-4-6(10(12)13)2-3-8(7)9;1-5(11)7-4-6(10)2-3-8(7)9;/h2-5,11H,1H3;2-5,11H,10H2,1H3;1H4. The zero-order chi connectivity index (χ0) is 18.4. The molecule has 0 saturated carbocycles. The van der Waals surface area contributed by atoms with Crippen LogP contribution in [0, 0.1) is 10.1 Å². The molecule has 0 heterocycles. The van der Waals surface area contributed by atoms with Gasteiger partial charge in [-0.15, -0.1) is 0 Å². The van der Waals surface area contributed by atoms with Gasteiger partial charge in [0.2, 0.25) is 0 Å². The Kier molecular flexibility index (Phi) is 9.44. The van der Waals surface area contributed by atoms with E-state index in [9.17, 15) is 20.3 Å². The van der Waals surface area contributed by atoms with Gasteiger partial charge < -0.3 is 15.9 Å². The summed E-state index contributed by atoms with van der Waals surface area (Å²) in [7, 11) is 0. The van der Waals surface area contributed by atoms with Crippen molar-refractivity contribution in [1.82, 2.24) is 0 Å². The maximum absolute atomic E-state index is 10.4. The van der Waals surface area contributed by atoms with E-state index in [1.54, 1.807) is 25.1 Å². The van der Waals surface area contributed by atoms with Crippen molar-refractivity contribution in [3.63, 3.8) is 0 Å². The van der Waals surface area contributed by atoms with E-state index in [4.69, 9.17) is 28.9 Å². The van der Waals surface area contributed by atoms with Crippen LogP contribution in [0.15, 0.2) is 36.4 Å². The molecule has 2 rings (SSSR count). The first-order valence-corrected chi connectivity index (χ1v) is 7.74. The third kappa shape index (κ3) is 6.88. The number of hydrogen-bond acceptors (Lipinski definition) is 5. The molecular formula is C17H22Cl2N2O4. The summed E-state index contributed by atoms with van der Waals surface area (Å²) in [6.45, 7) is 3.16. The predicted molar refractivity (Wildman–Crippen MR) is 102 cm³/mol. The average Bonchev–Trinajstić information content (AvgIpc) is 2.50. The minimum absolute atomic E-state index is 0. The molecule has 2 atom stereocenters. The van der Waals surface area contributed by atoms with Crippen LogP contribution in [-0.4, -0.2) is 15.1 Å². The van der Waals surface area contributed by atoms with Crippen molar-refractivity contribution in [2.24, 2.45) is 0 Å². The Morgan fingerprint density at radius 3 is 1.84 bits per heavy atom. The molecule has 2 aromatic rings. The van der Waals surface area contributed by atoms with Crippen LogP contribution in [0.25, 0.3) is 0 Å². The average molecular weight is 389 g/mol. The van der Waals surface area contributed by atoms with Gasteiger partial charge in [0.05, 0.1) is 17.1 Å². The lowest BCUT2D eigenvalue weighted by atomic mass is 10.1. The van der Waals surface area contributed by atoms with E-state index in [1.807, 2.05) is 0 Å². The Balaban J connectivity index is 0.000000449. The Labute approximate surface area is 157 Å². The molecular weight excluding hydrogens is 367 g/mol. The van der Waals surface area contributed by atoms with Crippen LogP contribution in [0.5, 0.6) is 0 Å². The largest absolute Gasteiger partial charge is 0.399 e. The number of benzene rings is 2. The van der Waals surface area contributed by atoms with E-state index in [0.717, 1.165) is 0 Å². The molecule has 0 aliphatic rings. The van der Waals surface area contributed by atoms with Crippen LogP contribution < -0.4 is 5.73 Å². The van der Waals surface area contributed by atoms with E-state index < -0.39 is 17.1 Å². The topological polar surface area (TPSA) is 110 Å². The SMILES string of the molecule is C.CC(O)c1cc(N)ccc1Cl.CC(O)c1cc([N+](=O)[O-])ccc1Cl. The van der Waals surface area contributed by atoms with Gasteiger partial charge in [-0.3, -0.25) is 10.1 Å². The Bertz CT molecular complexity index is 722. The van der Waals surface area contributed by atoms with Crippen molar-refractivity contribution in [3.05, 3.63) is 67.7 Å². The van der Waals surface area contributed by atoms with Crippen LogP contribution in [0.3, 0.4) is 0 Å². The molecule has 0 amide bonds. The molecule has 2 aromatic carbocycles. The fraction of sp³-hybridized carbons (Fsp3) is 0.294.